The molecular formula is C8H11NO. The zero-order valence-corrected chi connectivity index (χ0v) is 6.35. The van der Waals surface area contributed by atoms with Crippen LogP contribution in [0.2, 0.25) is 0 Å². The fourth-order valence-corrected chi connectivity index (χ4v) is 1.39. The molecule has 1 rings (SSSR count). The van der Waals surface area contributed by atoms with Gasteiger partial charge < -0.3 is 0 Å². The topological polar surface area (TPSA) is 40.9 Å². The minimum absolute atomic E-state index is 0.0255. The standard InChI is InChI=1S/C8H11NO/c1-8(2)4-6(5-9)3-7(8)10/h6H,3-4H2,1-2H3. The van der Waals surface area contributed by atoms with Gasteiger partial charge in [-0.05, 0) is 6.42 Å². The van der Waals surface area contributed by atoms with Crippen LogP contribution in [0.25, 0.3) is 0 Å². The van der Waals surface area contributed by atoms with Gasteiger partial charge in [-0.3, -0.25) is 4.79 Å². The highest BCUT2D eigenvalue weighted by Gasteiger charge is 2.38. The first-order valence-electron chi connectivity index (χ1n) is 3.49. The smallest absolute Gasteiger partial charge is 0.139 e. The molecule has 0 aromatic heterocycles. The third-order valence-corrected chi connectivity index (χ3v) is 2.13. The molecule has 54 valence electrons. The van der Waals surface area contributed by atoms with Crippen LogP contribution in [-0.2, 0) is 4.79 Å². The molecule has 0 aromatic carbocycles. The number of carbonyl (C=O) groups is 1. The first-order valence-corrected chi connectivity index (χ1v) is 3.49. The van der Waals surface area contributed by atoms with Crippen LogP contribution in [0.1, 0.15) is 26.7 Å². The highest BCUT2D eigenvalue weighted by atomic mass is 16.1. The van der Waals surface area contributed by atoms with Gasteiger partial charge in [0, 0.05) is 11.8 Å². The third kappa shape index (κ3) is 1.04. The number of rotatable bonds is 0. The van der Waals surface area contributed by atoms with Gasteiger partial charge in [0.25, 0.3) is 0 Å². The molecule has 1 fully saturated rings. The minimum Gasteiger partial charge on any atom is -0.299 e. The largest absolute Gasteiger partial charge is 0.299 e. The minimum atomic E-state index is -0.236. The number of nitriles is 1. The van der Waals surface area contributed by atoms with Crippen LogP contribution in [0.5, 0.6) is 0 Å². The molecule has 0 heterocycles. The molecular weight excluding hydrogens is 126 g/mol. The van der Waals surface area contributed by atoms with E-state index in [0.29, 0.717) is 6.42 Å². The van der Waals surface area contributed by atoms with Gasteiger partial charge in [0.15, 0.2) is 0 Å². The Bertz CT molecular complexity index is 200. The number of hydrogen-bond donors (Lipinski definition) is 0. The predicted octanol–water partition coefficient (Wildman–Crippen LogP) is 1.52. The van der Waals surface area contributed by atoms with E-state index in [1.165, 1.54) is 0 Å². The van der Waals surface area contributed by atoms with E-state index >= 15 is 0 Å². The van der Waals surface area contributed by atoms with Crippen molar-refractivity contribution >= 4 is 5.78 Å². The van der Waals surface area contributed by atoms with Crippen LogP contribution < -0.4 is 0 Å². The Morgan fingerprint density at radius 1 is 1.70 bits per heavy atom. The molecule has 2 heteroatoms. The van der Waals surface area contributed by atoms with Crippen molar-refractivity contribution in [3.63, 3.8) is 0 Å². The maximum atomic E-state index is 11.1. The quantitative estimate of drug-likeness (QED) is 0.507. The number of Topliss-reactive ketones (excluding diaryl/α,β-unsaturated/α-hetero) is 1. The summed E-state index contributed by atoms with van der Waals surface area (Å²) in [4.78, 5) is 11.1. The molecule has 1 saturated carbocycles. The Morgan fingerprint density at radius 2 is 2.30 bits per heavy atom. The molecule has 0 saturated heterocycles. The summed E-state index contributed by atoms with van der Waals surface area (Å²) in [6.45, 7) is 3.82. The summed E-state index contributed by atoms with van der Waals surface area (Å²) in [7, 11) is 0. The van der Waals surface area contributed by atoms with Crippen molar-refractivity contribution in [3.05, 3.63) is 0 Å². The molecule has 2 nitrogen and oxygen atoms in total. The van der Waals surface area contributed by atoms with E-state index in [2.05, 4.69) is 6.07 Å². The third-order valence-electron chi connectivity index (χ3n) is 2.13. The van der Waals surface area contributed by atoms with E-state index in [0.717, 1.165) is 6.42 Å². The lowest BCUT2D eigenvalue weighted by Gasteiger charge is -2.12. The van der Waals surface area contributed by atoms with Crippen molar-refractivity contribution in [1.29, 1.82) is 5.26 Å². The second-order valence-electron chi connectivity index (χ2n) is 3.54. The SMILES string of the molecule is CC1(C)CC(C#N)CC1=O. The zero-order valence-electron chi connectivity index (χ0n) is 6.35. The Hall–Kier alpha value is -0.840. The summed E-state index contributed by atoms with van der Waals surface area (Å²) in [5.41, 5.74) is -0.236. The van der Waals surface area contributed by atoms with Crippen molar-refractivity contribution in [2.24, 2.45) is 11.3 Å². The maximum Gasteiger partial charge on any atom is 0.139 e. The average Bonchev–Trinajstić information content (AvgIpc) is 2.08. The molecule has 0 amide bonds. The van der Waals surface area contributed by atoms with Crippen LogP contribution in [0.15, 0.2) is 0 Å². The normalized spacial score (nSPS) is 30.1. The fraction of sp³-hybridized carbons (Fsp3) is 0.750. The molecule has 1 aliphatic rings. The van der Waals surface area contributed by atoms with Gasteiger partial charge in [-0.25, -0.2) is 0 Å². The number of ketones is 1. The van der Waals surface area contributed by atoms with E-state index in [-0.39, 0.29) is 17.1 Å². The van der Waals surface area contributed by atoms with Crippen molar-refractivity contribution in [2.75, 3.05) is 0 Å². The van der Waals surface area contributed by atoms with Gasteiger partial charge in [0.2, 0.25) is 0 Å². The van der Waals surface area contributed by atoms with Crippen molar-refractivity contribution in [2.45, 2.75) is 26.7 Å². The monoisotopic (exact) mass is 137 g/mol. The molecule has 0 aromatic rings. The second kappa shape index (κ2) is 2.09. The highest BCUT2D eigenvalue weighted by molar-refractivity contribution is 5.86. The van der Waals surface area contributed by atoms with Gasteiger partial charge in [0.1, 0.15) is 5.78 Å². The summed E-state index contributed by atoms with van der Waals surface area (Å²) in [5.74, 6) is 0.210. The summed E-state index contributed by atoms with van der Waals surface area (Å²) >= 11 is 0. The molecule has 0 bridgehead atoms. The van der Waals surface area contributed by atoms with Crippen molar-refractivity contribution in [1.82, 2.24) is 0 Å². The molecule has 0 spiro atoms. The predicted molar refractivity (Wildman–Crippen MR) is 37.1 cm³/mol. The Kier molecular flexibility index (Phi) is 1.52. The van der Waals surface area contributed by atoms with Crippen LogP contribution >= 0.6 is 0 Å². The lowest BCUT2D eigenvalue weighted by Crippen LogP contribution is -2.15. The Morgan fingerprint density at radius 3 is 2.50 bits per heavy atom. The molecule has 1 atom stereocenters. The number of carbonyl (C=O) groups excluding carboxylic acids is 1. The lowest BCUT2D eigenvalue weighted by atomic mass is 9.90. The highest BCUT2D eigenvalue weighted by Crippen LogP contribution is 2.37. The summed E-state index contributed by atoms with van der Waals surface area (Å²) in [6, 6.07) is 2.13. The van der Waals surface area contributed by atoms with Crippen LogP contribution in [-0.4, -0.2) is 5.78 Å². The van der Waals surface area contributed by atoms with E-state index < -0.39 is 0 Å². The molecule has 1 unspecified atom stereocenters. The average molecular weight is 137 g/mol. The number of hydrogen-bond acceptors (Lipinski definition) is 2. The molecule has 1 aliphatic carbocycles. The first kappa shape index (κ1) is 7.27. The van der Waals surface area contributed by atoms with Gasteiger partial charge >= 0.3 is 0 Å². The van der Waals surface area contributed by atoms with Crippen LogP contribution in [0.3, 0.4) is 0 Å². The molecule has 0 aliphatic heterocycles. The summed E-state index contributed by atoms with van der Waals surface area (Å²) in [6.07, 6.45) is 1.20. The molecule has 10 heavy (non-hydrogen) atoms. The lowest BCUT2D eigenvalue weighted by molar-refractivity contribution is -0.124. The van der Waals surface area contributed by atoms with E-state index in [9.17, 15) is 4.79 Å². The van der Waals surface area contributed by atoms with Gasteiger partial charge in [-0.15, -0.1) is 0 Å². The van der Waals surface area contributed by atoms with Crippen LogP contribution in [0, 0.1) is 22.7 Å². The van der Waals surface area contributed by atoms with Crippen molar-refractivity contribution in [3.8, 4) is 6.07 Å². The first-order chi connectivity index (χ1) is 4.56. The van der Waals surface area contributed by atoms with Gasteiger partial charge in [-0.1, -0.05) is 13.8 Å². The molecule has 0 N–H and O–H groups in total. The second-order valence-corrected chi connectivity index (χ2v) is 3.54. The molecule has 0 radical (unpaired) electrons. The summed E-state index contributed by atoms with van der Waals surface area (Å²) in [5, 5.41) is 8.51. The van der Waals surface area contributed by atoms with Crippen LogP contribution in [0.4, 0.5) is 0 Å². The Labute approximate surface area is 60.8 Å². The maximum absolute atomic E-state index is 11.1. The van der Waals surface area contributed by atoms with E-state index in [1.54, 1.807) is 0 Å². The van der Waals surface area contributed by atoms with Crippen molar-refractivity contribution < 1.29 is 4.79 Å². The summed E-state index contributed by atoms with van der Waals surface area (Å²) < 4.78 is 0. The van der Waals surface area contributed by atoms with E-state index in [1.807, 2.05) is 13.8 Å². The zero-order chi connectivity index (χ0) is 7.78. The van der Waals surface area contributed by atoms with Gasteiger partial charge in [-0.2, -0.15) is 5.26 Å². The fourth-order valence-electron chi connectivity index (χ4n) is 1.39. The van der Waals surface area contributed by atoms with Gasteiger partial charge in [0.05, 0.1) is 12.0 Å². The Balaban J connectivity index is 2.73. The number of nitrogens with zero attached hydrogens (tertiary/aromatic N) is 1. The van der Waals surface area contributed by atoms with E-state index in [4.69, 9.17) is 5.26 Å².